The van der Waals surface area contributed by atoms with E-state index in [1.807, 2.05) is 35.9 Å². The highest BCUT2D eigenvalue weighted by Gasteiger charge is 2.18. The van der Waals surface area contributed by atoms with Crippen LogP contribution in [0.2, 0.25) is 0 Å². The lowest BCUT2D eigenvalue weighted by molar-refractivity contribution is 0.396. The van der Waals surface area contributed by atoms with Crippen molar-refractivity contribution in [1.82, 2.24) is 9.78 Å². The molecule has 102 valence electrons. The Morgan fingerprint density at radius 2 is 2.05 bits per heavy atom. The van der Waals surface area contributed by atoms with Gasteiger partial charge in [0.1, 0.15) is 11.5 Å². The summed E-state index contributed by atoms with van der Waals surface area (Å²) < 4.78 is 12.5. The first kappa shape index (κ1) is 13.4. The van der Waals surface area contributed by atoms with Crippen LogP contribution in [0.25, 0.3) is 0 Å². The predicted molar refractivity (Wildman–Crippen MR) is 73.5 cm³/mol. The standard InChI is InChI=1S/C14H19N3O2/c1-4-17-12(7-8-16-17)14(15)11-9-10(18-2)5-6-13(11)19-3/h5-9,14H,4,15H2,1-3H3. The maximum absolute atomic E-state index is 6.34. The number of aryl methyl sites for hydroxylation is 1. The Morgan fingerprint density at radius 3 is 2.68 bits per heavy atom. The molecule has 2 aromatic rings. The zero-order valence-corrected chi connectivity index (χ0v) is 11.5. The van der Waals surface area contributed by atoms with Gasteiger partial charge in [-0.25, -0.2) is 0 Å². The summed E-state index contributed by atoms with van der Waals surface area (Å²) in [6, 6.07) is 7.24. The van der Waals surface area contributed by atoms with Crippen LogP contribution in [0.4, 0.5) is 0 Å². The van der Waals surface area contributed by atoms with E-state index in [0.717, 1.165) is 29.3 Å². The Balaban J connectivity index is 2.45. The smallest absolute Gasteiger partial charge is 0.124 e. The molecule has 0 radical (unpaired) electrons. The molecule has 2 rings (SSSR count). The van der Waals surface area contributed by atoms with Gasteiger partial charge in [-0.15, -0.1) is 0 Å². The second-order valence-corrected chi connectivity index (χ2v) is 4.16. The Kier molecular flexibility index (Phi) is 4.06. The third-order valence-corrected chi connectivity index (χ3v) is 3.14. The largest absolute Gasteiger partial charge is 0.497 e. The molecular formula is C14H19N3O2. The average molecular weight is 261 g/mol. The second kappa shape index (κ2) is 5.75. The highest BCUT2D eigenvalue weighted by Crippen LogP contribution is 2.31. The van der Waals surface area contributed by atoms with Crippen molar-refractivity contribution in [3.05, 3.63) is 41.7 Å². The number of nitrogens with zero attached hydrogens (tertiary/aromatic N) is 2. The molecule has 1 aromatic carbocycles. The summed E-state index contributed by atoms with van der Waals surface area (Å²) in [4.78, 5) is 0. The SMILES string of the molecule is CCn1nccc1C(N)c1cc(OC)ccc1OC. The van der Waals surface area contributed by atoms with E-state index in [9.17, 15) is 0 Å². The fourth-order valence-electron chi connectivity index (χ4n) is 2.11. The van der Waals surface area contributed by atoms with E-state index in [1.165, 1.54) is 0 Å². The normalized spacial score (nSPS) is 12.2. The molecule has 1 unspecified atom stereocenters. The number of methoxy groups -OCH3 is 2. The summed E-state index contributed by atoms with van der Waals surface area (Å²) in [6.07, 6.45) is 1.76. The molecule has 5 nitrogen and oxygen atoms in total. The minimum Gasteiger partial charge on any atom is -0.497 e. The minimum absolute atomic E-state index is 0.299. The van der Waals surface area contributed by atoms with Gasteiger partial charge in [0.25, 0.3) is 0 Å². The zero-order valence-electron chi connectivity index (χ0n) is 11.5. The van der Waals surface area contributed by atoms with E-state index < -0.39 is 0 Å². The Morgan fingerprint density at radius 1 is 1.26 bits per heavy atom. The average Bonchev–Trinajstić information content (AvgIpc) is 2.94. The Labute approximate surface area is 112 Å². The van der Waals surface area contributed by atoms with Crippen LogP contribution in [0.5, 0.6) is 11.5 Å². The zero-order chi connectivity index (χ0) is 13.8. The fraction of sp³-hybridized carbons (Fsp3) is 0.357. The van der Waals surface area contributed by atoms with Crippen LogP contribution in [-0.4, -0.2) is 24.0 Å². The van der Waals surface area contributed by atoms with Crippen molar-refractivity contribution in [2.45, 2.75) is 19.5 Å². The molecule has 19 heavy (non-hydrogen) atoms. The fourth-order valence-corrected chi connectivity index (χ4v) is 2.11. The van der Waals surface area contributed by atoms with Crippen LogP contribution in [-0.2, 0) is 6.54 Å². The third kappa shape index (κ3) is 2.56. The molecule has 1 aromatic heterocycles. The lowest BCUT2D eigenvalue weighted by atomic mass is 10.0. The summed E-state index contributed by atoms with van der Waals surface area (Å²) >= 11 is 0. The molecule has 2 N–H and O–H groups in total. The van der Waals surface area contributed by atoms with Crippen molar-refractivity contribution in [2.75, 3.05) is 14.2 Å². The lowest BCUT2D eigenvalue weighted by Gasteiger charge is -2.17. The second-order valence-electron chi connectivity index (χ2n) is 4.16. The van der Waals surface area contributed by atoms with Gasteiger partial charge in [0, 0.05) is 18.3 Å². The van der Waals surface area contributed by atoms with Crippen LogP contribution >= 0.6 is 0 Å². The van der Waals surface area contributed by atoms with E-state index in [-0.39, 0.29) is 6.04 Å². The molecule has 0 amide bonds. The lowest BCUT2D eigenvalue weighted by Crippen LogP contribution is -2.18. The third-order valence-electron chi connectivity index (χ3n) is 3.14. The molecule has 0 aliphatic rings. The first-order valence-electron chi connectivity index (χ1n) is 6.20. The molecule has 0 aliphatic carbocycles. The highest BCUT2D eigenvalue weighted by atomic mass is 16.5. The first-order valence-corrected chi connectivity index (χ1v) is 6.20. The molecule has 0 saturated carbocycles. The molecule has 0 saturated heterocycles. The molecular weight excluding hydrogens is 242 g/mol. The van der Waals surface area contributed by atoms with Gasteiger partial charge >= 0.3 is 0 Å². The van der Waals surface area contributed by atoms with Gasteiger partial charge in [0.05, 0.1) is 26.0 Å². The molecule has 0 bridgehead atoms. The molecule has 0 aliphatic heterocycles. The van der Waals surface area contributed by atoms with Gasteiger partial charge in [0.2, 0.25) is 0 Å². The maximum atomic E-state index is 6.34. The van der Waals surface area contributed by atoms with Crippen LogP contribution in [0.1, 0.15) is 24.2 Å². The van der Waals surface area contributed by atoms with Gasteiger partial charge in [0.15, 0.2) is 0 Å². The van der Waals surface area contributed by atoms with Crippen LogP contribution in [0, 0.1) is 0 Å². The summed E-state index contributed by atoms with van der Waals surface area (Å²) in [5, 5.41) is 4.24. The van der Waals surface area contributed by atoms with E-state index in [0.29, 0.717) is 0 Å². The quantitative estimate of drug-likeness (QED) is 0.893. The van der Waals surface area contributed by atoms with E-state index >= 15 is 0 Å². The number of hydrogen-bond acceptors (Lipinski definition) is 4. The predicted octanol–water partition coefficient (Wildman–Crippen LogP) is 1.97. The summed E-state index contributed by atoms with van der Waals surface area (Å²) in [5.74, 6) is 1.51. The number of rotatable bonds is 5. The van der Waals surface area contributed by atoms with Crippen molar-refractivity contribution in [1.29, 1.82) is 0 Å². The van der Waals surface area contributed by atoms with Gasteiger partial charge < -0.3 is 15.2 Å². The van der Waals surface area contributed by atoms with Crippen LogP contribution < -0.4 is 15.2 Å². The van der Waals surface area contributed by atoms with Gasteiger partial charge in [-0.05, 0) is 31.2 Å². The summed E-state index contributed by atoms with van der Waals surface area (Å²) in [6.45, 7) is 2.81. The first-order chi connectivity index (χ1) is 9.21. The number of ether oxygens (including phenoxy) is 2. The van der Waals surface area contributed by atoms with Crippen molar-refractivity contribution in [2.24, 2.45) is 5.73 Å². The van der Waals surface area contributed by atoms with Gasteiger partial charge in [-0.1, -0.05) is 0 Å². The van der Waals surface area contributed by atoms with Crippen LogP contribution in [0.3, 0.4) is 0 Å². The van der Waals surface area contributed by atoms with Crippen molar-refractivity contribution >= 4 is 0 Å². The van der Waals surface area contributed by atoms with Crippen molar-refractivity contribution in [3.8, 4) is 11.5 Å². The molecule has 1 atom stereocenters. The van der Waals surface area contributed by atoms with Gasteiger partial charge in [-0.2, -0.15) is 5.10 Å². The van der Waals surface area contributed by atoms with Gasteiger partial charge in [-0.3, -0.25) is 4.68 Å². The molecule has 0 fully saturated rings. The van der Waals surface area contributed by atoms with E-state index in [4.69, 9.17) is 15.2 Å². The highest BCUT2D eigenvalue weighted by molar-refractivity contribution is 5.44. The van der Waals surface area contributed by atoms with E-state index in [1.54, 1.807) is 20.4 Å². The summed E-state index contributed by atoms with van der Waals surface area (Å²) in [7, 11) is 3.27. The topological polar surface area (TPSA) is 62.3 Å². The number of benzene rings is 1. The van der Waals surface area contributed by atoms with E-state index in [2.05, 4.69) is 5.10 Å². The number of nitrogens with two attached hydrogens (primary N) is 1. The van der Waals surface area contributed by atoms with Crippen LogP contribution in [0.15, 0.2) is 30.5 Å². The molecule has 5 heteroatoms. The Bertz CT molecular complexity index is 551. The maximum Gasteiger partial charge on any atom is 0.124 e. The monoisotopic (exact) mass is 261 g/mol. The number of aromatic nitrogens is 2. The molecule has 0 spiro atoms. The Hall–Kier alpha value is -2.01. The minimum atomic E-state index is -0.299. The van der Waals surface area contributed by atoms with Crippen molar-refractivity contribution < 1.29 is 9.47 Å². The molecule has 1 heterocycles. The number of hydrogen-bond donors (Lipinski definition) is 1. The van der Waals surface area contributed by atoms with Crippen molar-refractivity contribution in [3.63, 3.8) is 0 Å². The summed E-state index contributed by atoms with van der Waals surface area (Å²) in [5.41, 5.74) is 8.18.